The van der Waals surface area contributed by atoms with Gasteiger partial charge in [0.1, 0.15) is 0 Å². The Morgan fingerprint density at radius 1 is 1.40 bits per heavy atom. The maximum atomic E-state index is 12.6. The Morgan fingerprint density at radius 3 is 2.80 bits per heavy atom. The molecule has 1 heterocycles. The van der Waals surface area contributed by atoms with Gasteiger partial charge in [0.2, 0.25) is 0 Å². The van der Waals surface area contributed by atoms with E-state index in [0.717, 1.165) is 12.1 Å². The standard InChI is InChI=1S/C13H11F3N2O2/c1-2-20-12(19)9-7-17-18(8-9)11-5-3-4-10(6-11)13(14,15)16/h3-8H,2H2,1H3. The highest BCUT2D eigenvalue weighted by Gasteiger charge is 2.30. The van der Waals surface area contributed by atoms with Crippen LogP contribution in [0.3, 0.4) is 0 Å². The summed E-state index contributed by atoms with van der Waals surface area (Å²) < 4.78 is 43.8. The summed E-state index contributed by atoms with van der Waals surface area (Å²) in [4.78, 5) is 11.5. The van der Waals surface area contributed by atoms with Crippen LogP contribution in [0.4, 0.5) is 13.2 Å². The highest BCUT2D eigenvalue weighted by atomic mass is 19.4. The van der Waals surface area contributed by atoms with Gasteiger partial charge in [0, 0.05) is 6.20 Å². The van der Waals surface area contributed by atoms with E-state index in [4.69, 9.17) is 4.74 Å². The topological polar surface area (TPSA) is 44.1 Å². The van der Waals surface area contributed by atoms with E-state index in [0.29, 0.717) is 0 Å². The number of aromatic nitrogens is 2. The van der Waals surface area contributed by atoms with Crippen molar-refractivity contribution in [3.8, 4) is 5.69 Å². The van der Waals surface area contributed by atoms with Gasteiger partial charge in [-0.1, -0.05) is 6.07 Å². The Bertz CT molecular complexity index is 620. The van der Waals surface area contributed by atoms with Gasteiger partial charge in [-0.2, -0.15) is 18.3 Å². The zero-order chi connectivity index (χ0) is 14.8. The van der Waals surface area contributed by atoms with Crippen LogP contribution in [-0.2, 0) is 10.9 Å². The van der Waals surface area contributed by atoms with E-state index in [9.17, 15) is 18.0 Å². The van der Waals surface area contributed by atoms with E-state index < -0.39 is 17.7 Å². The second-order valence-electron chi connectivity index (χ2n) is 3.94. The van der Waals surface area contributed by atoms with Crippen molar-refractivity contribution in [3.05, 3.63) is 47.8 Å². The lowest BCUT2D eigenvalue weighted by Crippen LogP contribution is -2.06. The van der Waals surface area contributed by atoms with Crippen LogP contribution < -0.4 is 0 Å². The molecule has 0 radical (unpaired) electrons. The van der Waals surface area contributed by atoms with Crippen LogP contribution in [-0.4, -0.2) is 22.4 Å². The summed E-state index contributed by atoms with van der Waals surface area (Å²) in [7, 11) is 0. The summed E-state index contributed by atoms with van der Waals surface area (Å²) in [6.45, 7) is 1.88. The molecule has 0 bridgehead atoms. The molecule has 1 aromatic heterocycles. The van der Waals surface area contributed by atoms with Gasteiger partial charge >= 0.3 is 12.1 Å². The van der Waals surface area contributed by atoms with Gasteiger partial charge in [-0.15, -0.1) is 0 Å². The molecule has 106 valence electrons. The fraction of sp³-hybridized carbons (Fsp3) is 0.231. The number of carbonyl (C=O) groups is 1. The second kappa shape index (κ2) is 5.36. The maximum absolute atomic E-state index is 12.6. The molecule has 0 spiro atoms. The maximum Gasteiger partial charge on any atom is 0.416 e. The molecule has 1 aromatic carbocycles. The highest BCUT2D eigenvalue weighted by molar-refractivity contribution is 5.88. The number of rotatable bonds is 3. The summed E-state index contributed by atoms with van der Waals surface area (Å²) in [5.41, 5.74) is -0.372. The first-order chi connectivity index (χ1) is 9.41. The molecule has 0 fully saturated rings. The van der Waals surface area contributed by atoms with Crippen molar-refractivity contribution < 1.29 is 22.7 Å². The average Bonchev–Trinajstić information content (AvgIpc) is 2.88. The Morgan fingerprint density at radius 2 is 2.15 bits per heavy atom. The number of benzene rings is 1. The highest BCUT2D eigenvalue weighted by Crippen LogP contribution is 2.30. The van der Waals surface area contributed by atoms with Crippen molar-refractivity contribution in [1.82, 2.24) is 9.78 Å². The van der Waals surface area contributed by atoms with Crippen LogP contribution in [0.5, 0.6) is 0 Å². The Hall–Kier alpha value is -2.31. The van der Waals surface area contributed by atoms with E-state index in [2.05, 4.69) is 5.10 Å². The van der Waals surface area contributed by atoms with Crippen molar-refractivity contribution in [1.29, 1.82) is 0 Å². The Kier molecular flexibility index (Phi) is 3.78. The third-order valence-corrected chi connectivity index (χ3v) is 2.53. The van der Waals surface area contributed by atoms with Gasteiger partial charge in [-0.3, -0.25) is 0 Å². The number of carbonyl (C=O) groups excluding carboxylic acids is 1. The molecule has 0 aliphatic heterocycles. The molecule has 0 aliphatic carbocycles. The van der Waals surface area contributed by atoms with E-state index in [1.165, 1.54) is 29.2 Å². The molecule has 20 heavy (non-hydrogen) atoms. The monoisotopic (exact) mass is 284 g/mol. The largest absolute Gasteiger partial charge is 0.462 e. The van der Waals surface area contributed by atoms with E-state index in [1.807, 2.05) is 0 Å². The zero-order valence-corrected chi connectivity index (χ0v) is 10.5. The van der Waals surface area contributed by atoms with E-state index in [1.54, 1.807) is 6.92 Å². The molecule has 7 heteroatoms. The molecular formula is C13H11F3N2O2. The van der Waals surface area contributed by atoms with Crippen LogP contribution >= 0.6 is 0 Å². The van der Waals surface area contributed by atoms with Crippen LogP contribution in [0.25, 0.3) is 5.69 Å². The minimum atomic E-state index is -4.42. The van der Waals surface area contributed by atoms with Crippen molar-refractivity contribution in [2.24, 2.45) is 0 Å². The minimum absolute atomic E-state index is 0.185. The number of hydrogen-bond acceptors (Lipinski definition) is 3. The quantitative estimate of drug-likeness (QED) is 0.814. The number of esters is 1. The molecular weight excluding hydrogens is 273 g/mol. The van der Waals surface area contributed by atoms with Gasteiger partial charge in [0.15, 0.2) is 0 Å². The molecule has 0 amide bonds. The first kappa shape index (κ1) is 14.1. The molecule has 4 nitrogen and oxygen atoms in total. The zero-order valence-electron chi connectivity index (χ0n) is 10.5. The number of nitrogens with zero attached hydrogens (tertiary/aromatic N) is 2. The Labute approximate surface area is 112 Å². The number of alkyl halides is 3. The third-order valence-electron chi connectivity index (χ3n) is 2.53. The molecule has 2 aromatic rings. The van der Waals surface area contributed by atoms with Crippen molar-refractivity contribution in [3.63, 3.8) is 0 Å². The fourth-order valence-corrected chi connectivity index (χ4v) is 1.61. The van der Waals surface area contributed by atoms with Crippen molar-refractivity contribution >= 4 is 5.97 Å². The number of hydrogen-bond donors (Lipinski definition) is 0. The van der Waals surface area contributed by atoms with Crippen LogP contribution in [0, 0.1) is 0 Å². The lowest BCUT2D eigenvalue weighted by atomic mass is 10.2. The number of halogens is 3. The van der Waals surface area contributed by atoms with Gasteiger partial charge in [0.25, 0.3) is 0 Å². The molecule has 0 saturated carbocycles. The molecule has 0 aliphatic rings. The minimum Gasteiger partial charge on any atom is -0.462 e. The van der Waals surface area contributed by atoms with Crippen LogP contribution in [0.2, 0.25) is 0 Å². The third kappa shape index (κ3) is 2.98. The molecule has 2 rings (SSSR count). The smallest absolute Gasteiger partial charge is 0.416 e. The average molecular weight is 284 g/mol. The predicted octanol–water partition coefficient (Wildman–Crippen LogP) is 3.07. The van der Waals surface area contributed by atoms with E-state index in [-0.39, 0.29) is 17.9 Å². The van der Waals surface area contributed by atoms with Gasteiger partial charge < -0.3 is 4.74 Å². The van der Waals surface area contributed by atoms with Crippen molar-refractivity contribution in [2.45, 2.75) is 13.1 Å². The van der Waals surface area contributed by atoms with E-state index >= 15 is 0 Å². The normalized spacial score (nSPS) is 11.4. The Balaban J connectivity index is 2.31. The first-order valence-corrected chi connectivity index (χ1v) is 5.81. The molecule has 0 saturated heterocycles. The van der Waals surface area contributed by atoms with Crippen molar-refractivity contribution in [2.75, 3.05) is 6.61 Å². The fourth-order valence-electron chi connectivity index (χ4n) is 1.61. The summed E-state index contributed by atoms with van der Waals surface area (Å²) in [6.07, 6.45) is -1.85. The summed E-state index contributed by atoms with van der Waals surface area (Å²) in [5.74, 6) is -0.564. The summed E-state index contributed by atoms with van der Waals surface area (Å²) in [6, 6.07) is 4.68. The lowest BCUT2D eigenvalue weighted by Gasteiger charge is -2.08. The second-order valence-corrected chi connectivity index (χ2v) is 3.94. The summed E-state index contributed by atoms with van der Waals surface area (Å²) in [5, 5.41) is 3.86. The van der Waals surface area contributed by atoms with Gasteiger partial charge in [0.05, 0.1) is 29.6 Å². The summed E-state index contributed by atoms with van der Waals surface area (Å²) >= 11 is 0. The van der Waals surface area contributed by atoms with Crippen LogP contribution in [0.15, 0.2) is 36.7 Å². The number of ether oxygens (including phenoxy) is 1. The molecule has 0 N–H and O–H groups in total. The van der Waals surface area contributed by atoms with Gasteiger partial charge in [-0.25, -0.2) is 9.48 Å². The first-order valence-electron chi connectivity index (χ1n) is 5.81. The van der Waals surface area contributed by atoms with Crippen LogP contribution in [0.1, 0.15) is 22.8 Å². The predicted molar refractivity (Wildman–Crippen MR) is 64.5 cm³/mol. The molecule has 0 unspecified atom stereocenters. The van der Waals surface area contributed by atoms with Gasteiger partial charge in [-0.05, 0) is 25.1 Å². The molecule has 0 atom stereocenters. The SMILES string of the molecule is CCOC(=O)c1cnn(-c2cccc(C(F)(F)F)c2)c1. The lowest BCUT2D eigenvalue weighted by molar-refractivity contribution is -0.137.